The van der Waals surface area contributed by atoms with Crippen LogP contribution in [-0.4, -0.2) is 30.3 Å². The molecule has 1 aliphatic rings. The fourth-order valence-electron chi connectivity index (χ4n) is 3.36. The lowest BCUT2D eigenvalue weighted by Gasteiger charge is -2.05. The standard InChI is InChI=1S/C23H19N3O5/c1-29-22(27)13-26-12-17(18-4-2-3-5-19(18)26)9-16(10-24)23(28)25-11-15-6-7-20-21(8-15)31-14-30-20/h2-9,12H,11,13-14H2,1H3,(H,25,28)/b16-9+. The molecule has 2 aromatic carbocycles. The van der Waals surface area contributed by atoms with Gasteiger partial charge in [0, 0.05) is 29.2 Å². The molecule has 1 aliphatic heterocycles. The molecule has 0 saturated carbocycles. The Kier molecular flexibility index (Phi) is 5.58. The lowest BCUT2D eigenvalue weighted by atomic mass is 10.1. The van der Waals surface area contributed by atoms with Crippen LogP contribution in [0.4, 0.5) is 0 Å². The van der Waals surface area contributed by atoms with Crippen LogP contribution in [0, 0.1) is 11.3 Å². The number of aromatic nitrogens is 1. The van der Waals surface area contributed by atoms with E-state index in [1.807, 2.05) is 36.4 Å². The fraction of sp³-hybridized carbons (Fsp3) is 0.174. The van der Waals surface area contributed by atoms with Gasteiger partial charge in [-0.2, -0.15) is 5.26 Å². The van der Waals surface area contributed by atoms with E-state index in [1.54, 1.807) is 22.9 Å². The minimum absolute atomic E-state index is 0.0308. The molecule has 31 heavy (non-hydrogen) atoms. The van der Waals surface area contributed by atoms with Gasteiger partial charge >= 0.3 is 5.97 Å². The predicted molar refractivity (Wildman–Crippen MR) is 112 cm³/mol. The first-order chi connectivity index (χ1) is 15.1. The first-order valence-corrected chi connectivity index (χ1v) is 9.52. The van der Waals surface area contributed by atoms with Gasteiger partial charge in [-0.25, -0.2) is 0 Å². The van der Waals surface area contributed by atoms with Crippen molar-refractivity contribution >= 4 is 28.9 Å². The van der Waals surface area contributed by atoms with Crippen LogP contribution in [0.5, 0.6) is 11.5 Å². The summed E-state index contributed by atoms with van der Waals surface area (Å²) in [5.41, 5.74) is 2.25. The molecule has 8 heteroatoms. The second-order valence-corrected chi connectivity index (χ2v) is 6.85. The van der Waals surface area contributed by atoms with Crippen LogP contribution in [0.1, 0.15) is 11.1 Å². The molecular weight excluding hydrogens is 398 g/mol. The average Bonchev–Trinajstić information content (AvgIpc) is 3.40. The van der Waals surface area contributed by atoms with Gasteiger partial charge in [0.2, 0.25) is 6.79 Å². The van der Waals surface area contributed by atoms with E-state index in [9.17, 15) is 14.9 Å². The number of methoxy groups -OCH3 is 1. The van der Waals surface area contributed by atoms with E-state index in [0.29, 0.717) is 17.1 Å². The normalized spacial score (nSPS) is 12.5. The third-order valence-corrected chi connectivity index (χ3v) is 4.90. The number of rotatable bonds is 6. The molecule has 0 atom stereocenters. The van der Waals surface area contributed by atoms with Gasteiger partial charge < -0.3 is 24.1 Å². The van der Waals surface area contributed by atoms with Crippen LogP contribution in [-0.2, 0) is 27.4 Å². The Hall–Kier alpha value is -4.25. The van der Waals surface area contributed by atoms with E-state index in [-0.39, 0.29) is 25.5 Å². The third kappa shape index (κ3) is 4.21. The number of hydrogen-bond donors (Lipinski definition) is 1. The molecule has 2 heterocycles. The molecule has 0 bridgehead atoms. The molecule has 1 aromatic heterocycles. The van der Waals surface area contributed by atoms with Crippen LogP contribution in [0.2, 0.25) is 0 Å². The largest absolute Gasteiger partial charge is 0.468 e. The number of nitriles is 1. The molecule has 0 spiro atoms. The van der Waals surface area contributed by atoms with Gasteiger partial charge in [-0.15, -0.1) is 0 Å². The van der Waals surface area contributed by atoms with Crippen molar-refractivity contribution in [3.05, 3.63) is 65.4 Å². The Morgan fingerprint density at radius 1 is 1.23 bits per heavy atom. The van der Waals surface area contributed by atoms with Crippen molar-refractivity contribution in [2.75, 3.05) is 13.9 Å². The van der Waals surface area contributed by atoms with E-state index < -0.39 is 11.9 Å². The van der Waals surface area contributed by atoms with E-state index >= 15 is 0 Å². The van der Waals surface area contributed by atoms with Crippen LogP contribution >= 0.6 is 0 Å². The number of amides is 1. The number of esters is 1. The molecule has 0 saturated heterocycles. The summed E-state index contributed by atoms with van der Waals surface area (Å²) in [5, 5.41) is 13.1. The fourth-order valence-corrected chi connectivity index (χ4v) is 3.36. The number of nitrogens with one attached hydrogen (secondary N) is 1. The summed E-state index contributed by atoms with van der Waals surface area (Å²) in [6, 6.07) is 14.8. The van der Waals surface area contributed by atoms with Gasteiger partial charge in [-0.1, -0.05) is 24.3 Å². The minimum Gasteiger partial charge on any atom is -0.468 e. The molecular formula is C23H19N3O5. The van der Waals surface area contributed by atoms with Crippen molar-refractivity contribution in [1.82, 2.24) is 9.88 Å². The molecule has 3 aromatic rings. The van der Waals surface area contributed by atoms with Crippen molar-refractivity contribution in [3.8, 4) is 17.6 Å². The van der Waals surface area contributed by atoms with Crippen molar-refractivity contribution in [2.24, 2.45) is 0 Å². The van der Waals surface area contributed by atoms with Crippen molar-refractivity contribution in [1.29, 1.82) is 5.26 Å². The zero-order chi connectivity index (χ0) is 21.8. The van der Waals surface area contributed by atoms with Crippen LogP contribution in [0.25, 0.3) is 17.0 Å². The first-order valence-electron chi connectivity index (χ1n) is 9.52. The summed E-state index contributed by atoms with van der Waals surface area (Å²) in [6.07, 6.45) is 3.25. The van der Waals surface area contributed by atoms with Gasteiger partial charge in [-0.3, -0.25) is 9.59 Å². The topological polar surface area (TPSA) is 103 Å². The zero-order valence-corrected chi connectivity index (χ0v) is 16.8. The maximum Gasteiger partial charge on any atom is 0.325 e. The number of carbonyl (C=O) groups is 2. The predicted octanol–water partition coefficient (Wildman–Crippen LogP) is 2.77. The third-order valence-electron chi connectivity index (χ3n) is 4.90. The van der Waals surface area contributed by atoms with Gasteiger partial charge in [0.25, 0.3) is 5.91 Å². The highest BCUT2D eigenvalue weighted by Crippen LogP contribution is 2.32. The van der Waals surface area contributed by atoms with Crippen molar-refractivity contribution in [3.63, 3.8) is 0 Å². The summed E-state index contributed by atoms with van der Waals surface area (Å²) in [7, 11) is 1.33. The molecule has 0 unspecified atom stereocenters. The maximum absolute atomic E-state index is 12.6. The molecule has 156 valence electrons. The van der Waals surface area contributed by atoms with E-state index in [1.165, 1.54) is 13.2 Å². The van der Waals surface area contributed by atoms with Gasteiger partial charge in [0.05, 0.1) is 7.11 Å². The molecule has 1 N–H and O–H groups in total. The number of fused-ring (bicyclic) bond motifs is 2. The van der Waals surface area contributed by atoms with Crippen molar-refractivity contribution < 1.29 is 23.8 Å². The molecule has 4 rings (SSSR count). The molecule has 0 fully saturated rings. The highest BCUT2D eigenvalue weighted by atomic mass is 16.7. The monoisotopic (exact) mass is 417 g/mol. The zero-order valence-electron chi connectivity index (χ0n) is 16.8. The second-order valence-electron chi connectivity index (χ2n) is 6.85. The summed E-state index contributed by atoms with van der Waals surface area (Å²) in [6.45, 7) is 0.442. The SMILES string of the molecule is COC(=O)Cn1cc(/C=C(\C#N)C(=O)NCc2ccc3c(c2)OCO3)c2ccccc21. The first kappa shape index (κ1) is 20.0. The Morgan fingerprint density at radius 2 is 2.03 bits per heavy atom. The van der Waals surface area contributed by atoms with E-state index in [4.69, 9.17) is 14.2 Å². The second kappa shape index (κ2) is 8.63. The smallest absolute Gasteiger partial charge is 0.325 e. The number of carbonyl (C=O) groups excluding carboxylic acids is 2. The van der Waals surface area contributed by atoms with Crippen LogP contribution in [0.15, 0.2) is 54.2 Å². The quantitative estimate of drug-likeness (QED) is 0.376. The highest BCUT2D eigenvalue weighted by molar-refractivity contribution is 6.04. The lowest BCUT2D eigenvalue weighted by molar-refractivity contribution is -0.141. The van der Waals surface area contributed by atoms with Crippen LogP contribution in [0.3, 0.4) is 0 Å². The average molecular weight is 417 g/mol. The maximum atomic E-state index is 12.6. The number of nitrogens with zero attached hydrogens (tertiary/aromatic N) is 2. The molecule has 0 radical (unpaired) electrons. The number of benzene rings is 2. The summed E-state index contributed by atoms with van der Waals surface area (Å²) in [5.74, 6) is 0.403. The van der Waals surface area contributed by atoms with Gasteiger partial charge in [0.15, 0.2) is 11.5 Å². The Morgan fingerprint density at radius 3 is 2.84 bits per heavy atom. The van der Waals surface area contributed by atoms with E-state index in [0.717, 1.165) is 16.5 Å². The van der Waals surface area contributed by atoms with E-state index in [2.05, 4.69) is 5.32 Å². The summed E-state index contributed by atoms with van der Waals surface area (Å²) in [4.78, 5) is 24.3. The molecule has 0 aliphatic carbocycles. The number of ether oxygens (including phenoxy) is 3. The minimum atomic E-state index is -0.495. The lowest BCUT2D eigenvalue weighted by Crippen LogP contribution is -2.23. The molecule has 8 nitrogen and oxygen atoms in total. The number of para-hydroxylation sites is 1. The number of hydrogen-bond acceptors (Lipinski definition) is 6. The van der Waals surface area contributed by atoms with Crippen molar-refractivity contribution in [2.45, 2.75) is 13.1 Å². The Labute approximate surface area is 178 Å². The Bertz CT molecular complexity index is 1240. The Balaban J connectivity index is 1.55. The molecule has 1 amide bonds. The van der Waals surface area contributed by atoms with Gasteiger partial charge in [0.1, 0.15) is 18.2 Å². The summed E-state index contributed by atoms with van der Waals surface area (Å²) < 4.78 is 17.1. The highest BCUT2D eigenvalue weighted by Gasteiger charge is 2.16. The van der Waals surface area contributed by atoms with Gasteiger partial charge in [-0.05, 0) is 29.8 Å². The summed E-state index contributed by atoms with van der Waals surface area (Å²) >= 11 is 0. The van der Waals surface area contributed by atoms with Crippen LogP contribution < -0.4 is 14.8 Å².